The van der Waals surface area contributed by atoms with Crippen LogP contribution < -0.4 is 0 Å². The van der Waals surface area contributed by atoms with Gasteiger partial charge in [-0.3, -0.25) is 4.79 Å². The summed E-state index contributed by atoms with van der Waals surface area (Å²) in [6.07, 6.45) is 0.493. The molecule has 0 saturated carbocycles. The predicted octanol–water partition coefficient (Wildman–Crippen LogP) is 4.07. The molecule has 3 rings (SSSR count). The molecule has 1 aromatic heterocycles. The van der Waals surface area contributed by atoms with Gasteiger partial charge >= 0.3 is 0 Å². The van der Waals surface area contributed by atoms with Gasteiger partial charge in [-0.25, -0.2) is 4.39 Å². The number of halogens is 1. The second-order valence-corrected chi connectivity index (χ2v) is 4.75. The normalized spacial score (nSPS) is 11.0. The van der Waals surface area contributed by atoms with Crippen LogP contribution in [0.2, 0.25) is 0 Å². The molecule has 0 spiro atoms. The largest absolute Gasteiger partial charge is 0.508 e. The Kier molecular flexibility index (Phi) is 3.22. The lowest BCUT2D eigenvalue weighted by atomic mass is 9.99. The first-order valence-corrected chi connectivity index (χ1v) is 6.65. The number of aromatic hydroxyl groups is 1. The van der Waals surface area contributed by atoms with Crippen molar-refractivity contribution in [3.8, 4) is 5.75 Å². The summed E-state index contributed by atoms with van der Waals surface area (Å²) in [7, 11) is 0. The van der Waals surface area contributed by atoms with E-state index in [0.29, 0.717) is 28.7 Å². The lowest BCUT2D eigenvalue weighted by Crippen LogP contribution is -2.03. The monoisotopic (exact) mass is 284 g/mol. The van der Waals surface area contributed by atoms with Gasteiger partial charge in [0.15, 0.2) is 17.2 Å². The lowest BCUT2D eigenvalue weighted by molar-refractivity contribution is 0.103. The molecular weight excluding hydrogens is 271 g/mol. The molecule has 0 aliphatic rings. The molecule has 4 heteroatoms. The highest BCUT2D eigenvalue weighted by molar-refractivity contribution is 6.16. The number of ketones is 1. The second kappa shape index (κ2) is 5.05. The number of hydrogen-bond donors (Lipinski definition) is 1. The Morgan fingerprint density at radius 3 is 2.57 bits per heavy atom. The quantitative estimate of drug-likeness (QED) is 0.737. The molecule has 0 atom stereocenters. The number of carbonyl (C=O) groups is 1. The fourth-order valence-corrected chi connectivity index (χ4v) is 2.39. The van der Waals surface area contributed by atoms with Crippen LogP contribution in [0.15, 0.2) is 46.9 Å². The topological polar surface area (TPSA) is 50.4 Å². The highest BCUT2D eigenvalue weighted by Gasteiger charge is 2.22. The van der Waals surface area contributed by atoms with Gasteiger partial charge < -0.3 is 9.52 Å². The smallest absolute Gasteiger partial charge is 0.197 e. The number of benzene rings is 2. The van der Waals surface area contributed by atoms with Crippen LogP contribution in [0, 0.1) is 5.82 Å². The first-order valence-electron chi connectivity index (χ1n) is 6.65. The molecule has 106 valence electrons. The van der Waals surface area contributed by atoms with E-state index < -0.39 is 5.82 Å². The minimum Gasteiger partial charge on any atom is -0.508 e. The zero-order valence-electron chi connectivity index (χ0n) is 11.4. The van der Waals surface area contributed by atoms with Crippen molar-refractivity contribution in [2.45, 2.75) is 13.3 Å². The van der Waals surface area contributed by atoms with Crippen LogP contribution in [0.25, 0.3) is 11.0 Å². The summed E-state index contributed by atoms with van der Waals surface area (Å²) in [5.41, 5.74) is 0.920. The Balaban J connectivity index is 2.21. The first kappa shape index (κ1) is 13.4. The van der Waals surface area contributed by atoms with Gasteiger partial charge in [-0.1, -0.05) is 19.1 Å². The van der Waals surface area contributed by atoms with Crippen LogP contribution in [0.3, 0.4) is 0 Å². The molecule has 2 aromatic carbocycles. The average Bonchev–Trinajstić information content (AvgIpc) is 2.87. The summed E-state index contributed by atoms with van der Waals surface area (Å²) in [6.45, 7) is 1.85. The van der Waals surface area contributed by atoms with E-state index in [1.54, 1.807) is 12.1 Å². The molecule has 0 aliphatic carbocycles. The number of phenols is 1. The SMILES string of the molecule is CCc1oc2c(F)cccc2c1C(=O)c1ccc(O)cc1. The zero-order valence-corrected chi connectivity index (χ0v) is 11.4. The van der Waals surface area contributed by atoms with Crippen LogP contribution in [0.4, 0.5) is 4.39 Å². The molecule has 0 amide bonds. The van der Waals surface area contributed by atoms with Crippen molar-refractivity contribution in [2.24, 2.45) is 0 Å². The maximum atomic E-state index is 13.8. The summed E-state index contributed by atoms with van der Waals surface area (Å²) >= 11 is 0. The standard InChI is InChI=1S/C17H13FO3/c1-2-14-15(12-4-3-5-13(18)17(12)21-14)16(20)10-6-8-11(19)9-7-10/h3-9,19H,2H2,1H3. The van der Waals surface area contributed by atoms with E-state index in [9.17, 15) is 14.3 Å². The molecule has 0 radical (unpaired) electrons. The van der Waals surface area contributed by atoms with Gasteiger partial charge in [0.05, 0.1) is 5.56 Å². The summed E-state index contributed by atoms with van der Waals surface area (Å²) in [4.78, 5) is 12.7. The average molecular weight is 284 g/mol. The Labute approximate surface area is 120 Å². The molecule has 0 fully saturated rings. The molecule has 3 aromatic rings. The molecule has 0 aliphatic heterocycles. The zero-order chi connectivity index (χ0) is 15.0. The van der Waals surface area contributed by atoms with Crippen molar-refractivity contribution in [2.75, 3.05) is 0 Å². The Bertz CT molecular complexity index is 816. The van der Waals surface area contributed by atoms with Crippen LogP contribution in [-0.2, 0) is 6.42 Å². The molecule has 1 N–H and O–H groups in total. The Morgan fingerprint density at radius 2 is 1.90 bits per heavy atom. The summed E-state index contributed by atoms with van der Waals surface area (Å²) in [6, 6.07) is 10.5. The number of rotatable bonds is 3. The first-order chi connectivity index (χ1) is 10.1. The summed E-state index contributed by atoms with van der Waals surface area (Å²) in [5, 5.41) is 9.78. The molecule has 1 heterocycles. The van der Waals surface area contributed by atoms with Crippen molar-refractivity contribution in [3.63, 3.8) is 0 Å². The Hall–Kier alpha value is -2.62. The minimum absolute atomic E-state index is 0.0883. The maximum absolute atomic E-state index is 13.8. The number of furan rings is 1. The minimum atomic E-state index is -0.480. The van der Waals surface area contributed by atoms with Gasteiger partial charge in [-0.2, -0.15) is 0 Å². The number of fused-ring (bicyclic) bond motifs is 1. The fraction of sp³-hybridized carbons (Fsp3) is 0.118. The highest BCUT2D eigenvalue weighted by atomic mass is 19.1. The summed E-state index contributed by atoms with van der Waals surface area (Å²) in [5.74, 6) is -0.165. The molecule has 0 unspecified atom stereocenters. The van der Waals surface area contributed by atoms with E-state index in [2.05, 4.69) is 0 Å². The van der Waals surface area contributed by atoms with E-state index in [1.807, 2.05) is 6.92 Å². The number of para-hydroxylation sites is 1. The van der Waals surface area contributed by atoms with E-state index in [4.69, 9.17) is 4.42 Å². The fourth-order valence-electron chi connectivity index (χ4n) is 2.39. The third-order valence-corrected chi connectivity index (χ3v) is 3.42. The predicted molar refractivity (Wildman–Crippen MR) is 77.1 cm³/mol. The van der Waals surface area contributed by atoms with Gasteiger partial charge in [0.2, 0.25) is 0 Å². The third kappa shape index (κ3) is 2.18. The number of phenolic OH excluding ortho intramolecular Hbond substituents is 1. The van der Waals surface area contributed by atoms with Gasteiger partial charge in [-0.15, -0.1) is 0 Å². The lowest BCUT2D eigenvalue weighted by Gasteiger charge is -2.02. The third-order valence-electron chi connectivity index (χ3n) is 3.42. The van der Waals surface area contributed by atoms with Crippen molar-refractivity contribution >= 4 is 16.8 Å². The van der Waals surface area contributed by atoms with Crippen LogP contribution in [-0.4, -0.2) is 10.9 Å². The van der Waals surface area contributed by atoms with Gasteiger partial charge in [-0.05, 0) is 30.3 Å². The van der Waals surface area contributed by atoms with E-state index in [0.717, 1.165) is 0 Å². The van der Waals surface area contributed by atoms with Crippen LogP contribution in [0.5, 0.6) is 5.75 Å². The molecule has 0 saturated heterocycles. The molecule has 3 nitrogen and oxygen atoms in total. The van der Waals surface area contributed by atoms with Crippen LogP contribution in [0.1, 0.15) is 28.6 Å². The van der Waals surface area contributed by atoms with Crippen molar-refractivity contribution < 1.29 is 18.7 Å². The van der Waals surface area contributed by atoms with Gasteiger partial charge in [0.1, 0.15) is 11.5 Å². The Morgan fingerprint density at radius 1 is 1.19 bits per heavy atom. The van der Waals surface area contributed by atoms with E-state index in [-0.39, 0.29) is 17.1 Å². The number of carbonyl (C=O) groups excluding carboxylic acids is 1. The van der Waals surface area contributed by atoms with E-state index in [1.165, 1.54) is 30.3 Å². The number of aryl methyl sites for hydroxylation is 1. The van der Waals surface area contributed by atoms with Crippen molar-refractivity contribution in [3.05, 3.63) is 65.2 Å². The van der Waals surface area contributed by atoms with Gasteiger partial charge in [0, 0.05) is 17.4 Å². The van der Waals surface area contributed by atoms with Crippen molar-refractivity contribution in [1.82, 2.24) is 0 Å². The molecule has 21 heavy (non-hydrogen) atoms. The molecular formula is C17H13FO3. The van der Waals surface area contributed by atoms with E-state index >= 15 is 0 Å². The number of hydrogen-bond acceptors (Lipinski definition) is 3. The highest BCUT2D eigenvalue weighted by Crippen LogP contribution is 2.30. The van der Waals surface area contributed by atoms with Crippen LogP contribution >= 0.6 is 0 Å². The van der Waals surface area contributed by atoms with Gasteiger partial charge in [0.25, 0.3) is 0 Å². The maximum Gasteiger partial charge on any atom is 0.197 e. The summed E-state index contributed by atoms with van der Waals surface area (Å²) < 4.78 is 19.3. The second-order valence-electron chi connectivity index (χ2n) is 4.75. The van der Waals surface area contributed by atoms with Crippen molar-refractivity contribution in [1.29, 1.82) is 0 Å². The molecule has 0 bridgehead atoms.